The quantitative estimate of drug-likeness (QED) is 0.765. The average Bonchev–Trinajstić information content (AvgIpc) is 2.27. The molecule has 2 atom stereocenters. The maximum atomic E-state index is 9.05. The Morgan fingerprint density at radius 1 is 1.44 bits per heavy atom. The van der Waals surface area contributed by atoms with Crippen LogP contribution in [0.25, 0.3) is 0 Å². The molecule has 16 heavy (non-hydrogen) atoms. The molecule has 0 radical (unpaired) electrons. The molecule has 2 heterocycles. The first-order chi connectivity index (χ1) is 7.70. The zero-order chi connectivity index (χ0) is 11.5. The maximum absolute atomic E-state index is 9.05. The van der Waals surface area contributed by atoms with E-state index in [0.29, 0.717) is 17.6 Å². The molecule has 0 saturated carbocycles. The fourth-order valence-electron chi connectivity index (χ4n) is 2.24. The number of anilines is 1. The summed E-state index contributed by atoms with van der Waals surface area (Å²) in [5.74, 6) is 0.810. The number of nitrogens with one attached hydrogen (secondary N) is 1. The van der Waals surface area contributed by atoms with Crippen LogP contribution in [-0.4, -0.2) is 30.2 Å². The Morgan fingerprint density at radius 2 is 2.12 bits per heavy atom. The molecule has 1 aliphatic heterocycles. The molecule has 1 aliphatic rings. The van der Waals surface area contributed by atoms with E-state index in [0.717, 1.165) is 18.9 Å². The lowest BCUT2D eigenvalue weighted by Crippen LogP contribution is -2.54. The number of hydrogen-bond donors (Lipinski definition) is 1. The number of piperazine rings is 1. The van der Waals surface area contributed by atoms with Crippen LogP contribution < -0.4 is 10.2 Å². The third-order valence-electron chi connectivity index (χ3n) is 2.76. The SMILES string of the molecule is CC1CN(c2ncccc2C#N)CC(C)N1. The summed E-state index contributed by atoms with van der Waals surface area (Å²) in [6.45, 7) is 6.10. The van der Waals surface area contributed by atoms with Gasteiger partial charge in [0.05, 0.1) is 5.56 Å². The van der Waals surface area contributed by atoms with Crippen LogP contribution >= 0.6 is 0 Å². The number of nitrogens with zero attached hydrogens (tertiary/aromatic N) is 3. The van der Waals surface area contributed by atoms with Gasteiger partial charge in [0.25, 0.3) is 0 Å². The van der Waals surface area contributed by atoms with Crippen molar-refractivity contribution in [1.29, 1.82) is 5.26 Å². The third kappa shape index (κ3) is 2.15. The molecule has 0 bridgehead atoms. The van der Waals surface area contributed by atoms with Crippen molar-refractivity contribution < 1.29 is 0 Å². The first-order valence-corrected chi connectivity index (χ1v) is 5.57. The summed E-state index contributed by atoms with van der Waals surface area (Å²) in [7, 11) is 0. The summed E-state index contributed by atoms with van der Waals surface area (Å²) in [4.78, 5) is 6.50. The minimum absolute atomic E-state index is 0.428. The molecular formula is C12H16N4. The fourth-order valence-corrected chi connectivity index (χ4v) is 2.24. The number of aromatic nitrogens is 1. The minimum atomic E-state index is 0.428. The van der Waals surface area contributed by atoms with Gasteiger partial charge in [0, 0.05) is 31.4 Å². The fraction of sp³-hybridized carbons (Fsp3) is 0.500. The van der Waals surface area contributed by atoms with E-state index < -0.39 is 0 Å². The molecule has 1 saturated heterocycles. The average molecular weight is 216 g/mol. The van der Waals surface area contributed by atoms with E-state index in [1.165, 1.54) is 0 Å². The molecule has 0 aromatic carbocycles. The van der Waals surface area contributed by atoms with Gasteiger partial charge >= 0.3 is 0 Å². The normalized spacial score (nSPS) is 25.2. The van der Waals surface area contributed by atoms with Gasteiger partial charge in [-0.2, -0.15) is 5.26 Å². The van der Waals surface area contributed by atoms with Gasteiger partial charge in [-0.05, 0) is 26.0 Å². The highest BCUT2D eigenvalue weighted by Crippen LogP contribution is 2.18. The molecule has 2 unspecified atom stereocenters. The van der Waals surface area contributed by atoms with Crippen LogP contribution in [0.1, 0.15) is 19.4 Å². The van der Waals surface area contributed by atoms with Crippen LogP contribution in [0.15, 0.2) is 18.3 Å². The largest absolute Gasteiger partial charge is 0.352 e. The van der Waals surface area contributed by atoms with Crippen molar-refractivity contribution in [2.75, 3.05) is 18.0 Å². The predicted molar refractivity (Wildman–Crippen MR) is 63.2 cm³/mol. The lowest BCUT2D eigenvalue weighted by molar-refractivity contribution is 0.405. The summed E-state index contributed by atoms with van der Waals surface area (Å²) in [5.41, 5.74) is 0.656. The van der Waals surface area contributed by atoms with Crippen molar-refractivity contribution >= 4 is 5.82 Å². The van der Waals surface area contributed by atoms with Crippen LogP contribution in [0.2, 0.25) is 0 Å². The lowest BCUT2D eigenvalue weighted by atomic mass is 10.1. The second kappa shape index (κ2) is 4.50. The maximum Gasteiger partial charge on any atom is 0.146 e. The van der Waals surface area contributed by atoms with Crippen molar-refractivity contribution in [2.45, 2.75) is 25.9 Å². The van der Waals surface area contributed by atoms with Crippen LogP contribution in [0.4, 0.5) is 5.82 Å². The minimum Gasteiger partial charge on any atom is -0.352 e. The Balaban J connectivity index is 2.26. The number of pyridine rings is 1. The zero-order valence-corrected chi connectivity index (χ0v) is 9.64. The van der Waals surface area contributed by atoms with Crippen LogP contribution in [0.3, 0.4) is 0 Å². The Kier molecular flexibility index (Phi) is 3.07. The Bertz CT molecular complexity index is 400. The topological polar surface area (TPSA) is 52.0 Å². The van der Waals surface area contributed by atoms with E-state index in [1.54, 1.807) is 12.3 Å². The highest BCUT2D eigenvalue weighted by Gasteiger charge is 2.23. The second-order valence-corrected chi connectivity index (χ2v) is 4.36. The van der Waals surface area contributed by atoms with E-state index >= 15 is 0 Å². The first-order valence-electron chi connectivity index (χ1n) is 5.57. The van der Waals surface area contributed by atoms with E-state index in [9.17, 15) is 0 Å². The molecule has 2 rings (SSSR count). The molecule has 0 aliphatic carbocycles. The molecule has 1 N–H and O–H groups in total. The van der Waals surface area contributed by atoms with E-state index in [4.69, 9.17) is 5.26 Å². The Hall–Kier alpha value is -1.60. The van der Waals surface area contributed by atoms with Gasteiger partial charge < -0.3 is 10.2 Å². The van der Waals surface area contributed by atoms with Gasteiger partial charge in [-0.25, -0.2) is 4.98 Å². The zero-order valence-electron chi connectivity index (χ0n) is 9.64. The third-order valence-corrected chi connectivity index (χ3v) is 2.76. The summed E-state index contributed by atoms with van der Waals surface area (Å²) in [5, 5.41) is 12.5. The summed E-state index contributed by atoms with van der Waals surface area (Å²) in [6, 6.07) is 6.68. The van der Waals surface area contributed by atoms with Crippen LogP contribution in [0.5, 0.6) is 0 Å². The van der Waals surface area contributed by atoms with Gasteiger partial charge in [-0.15, -0.1) is 0 Å². The molecule has 1 fully saturated rings. The molecule has 1 aromatic heterocycles. The highest BCUT2D eigenvalue weighted by molar-refractivity contribution is 5.54. The van der Waals surface area contributed by atoms with Crippen molar-refractivity contribution in [3.05, 3.63) is 23.9 Å². The molecule has 4 nitrogen and oxygen atoms in total. The summed E-state index contributed by atoms with van der Waals surface area (Å²) < 4.78 is 0. The predicted octanol–water partition coefficient (Wildman–Crippen LogP) is 1.14. The van der Waals surface area contributed by atoms with E-state index in [2.05, 4.69) is 35.1 Å². The molecule has 0 amide bonds. The summed E-state index contributed by atoms with van der Waals surface area (Å²) in [6.07, 6.45) is 1.74. The Morgan fingerprint density at radius 3 is 2.75 bits per heavy atom. The molecular weight excluding hydrogens is 200 g/mol. The number of rotatable bonds is 1. The van der Waals surface area contributed by atoms with Gasteiger partial charge in [0.15, 0.2) is 0 Å². The van der Waals surface area contributed by atoms with E-state index in [1.807, 2.05) is 6.07 Å². The standard InChI is InChI=1S/C12H16N4/c1-9-7-16(8-10(2)15-9)12-11(6-13)4-3-5-14-12/h3-5,9-10,15H,7-8H2,1-2H3. The first kappa shape index (κ1) is 10.9. The highest BCUT2D eigenvalue weighted by atomic mass is 15.3. The Labute approximate surface area is 95.9 Å². The molecule has 0 spiro atoms. The van der Waals surface area contributed by atoms with E-state index in [-0.39, 0.29) is 0 Å². The smallest absolute Gasteiger partial charge is 0.146 e. The van der Waals surface area contributed by atoms with Crippen molar-refractivity contribution in [2.24, 2.45) is 0 Å². The second-order valence-electron chi connectivity index (χ2n) is 4.36. The summed E-state index contributed by atoms with van der Waals surface area (Å²) >= 11 is 0. The van der Waals surface area contributed by atoms with Gasteiger partial charge in [0.2, 0.25) is 0 Å². The van der Waals surface area contributed by atoms with Crippen molar-refractivity contribution in [3.63, 3.8) is 0 Å². The van der Waals surface area contributed by atoms with Gasteiger partial charge in [-0.1, -0.05) is 0 Å². The van der Waals surface area contributed by atoms with Gasteiger partial charge in [0.1, 0.15) is 11.9 Å². The van der Waals surface area contributed by atoms with Gasteiger partial charge in [-0.3, -0.25) is 0 Å². The molecule has 1 aromatic rings. The van der Waals surface area contributed by atoms with Crippen LogP contribution in [-0.2, 0) is 0 Å². The molecule has 4 heteroatoms. The molecule has 84 valence electrons. The van der Waals surface area contributed by atoms with Crippen molar-refractivity contribution in [3.8, 4) is 6.07 Å². The van der Waals surface area contributed by atoms with Crippen LogP contribution in [0, 0.1) is 11.3 Å². The number of nitriles is 1. The lowest BCUT2D eigenvalue weighted by Gasteiger charge is -2.37. The monoisotopic (exact) mass is 216 g/mol. The van der Waals surface area contributed by atoms with Crippen molar-refractivity contribution in [1.82, 2.24) is 10.3 Å². The number of hydrogen-bond acceptors (Lipinski definition) is 4.